The fourth-order valence-electron chi connectivity index (χ4n) is 2.27. The Balaban J connectivity index is 2.06. The van der Waals surface area contributed by atoms with Gasteiger partial charge in [0.25, 0.3) is 0 Å². The number of hydrogen-bond acceptors (Lipinski definition) is 5. The molecule has 18 heavy (non-hydrogen) atoms. The maximum Gasteiger partial charge on any atom is 0.151 e. The average Bonchev–Trinajstić information content (AvgIpc) is 2.57. The van der Waals surface area contributed by atoms with Crippen LogP contribution in [0.25, 0.3) is 0 Å². The van der Waals surface area contributed by atoms with Gasteiger partial charge in [0.15, 0.2) is 9.84 Å². The Hall–Kier alpha value is -1.27. The SMILES string of the molecule is CC(NC1CCS(=O)(=O)C1)c1ccc(O)cc1O. The van der Waals surface area contributed by atoms with Gasteiger partial charge in [0, 0.05) is 23.7 Å². The molecule has 0 bridgehead atoms. The van der Waals surface area contributed by atoms with E-state index in [4.69, 9.17) is 0 Å². The maximum atomic E-state index is 11.3. The summed E-state index contributed by atoms with van der Waals surface area (Å²) in [6.07, 6.45) is 0.603. The van der Waals surface area contributed by atoms with E-state index in [0.29, 0.717) is 12.0 Å². The summed E-state index contributed by atoms with van der Waals surface area (Å²) in [4.78, 5) is 0. The molecule has 100 valence electrons. The Morgan fingerprint density at radius 3 is 2.67 bits per heavy atom. The van der Waals surface area contributed by atoms with Gasteiger partial charge in [-0.3, -0.25) is 0 Å². The summed E-state index contributed by atoms with van der Waals surface area (Å²) >= 11 is 0. The van der Waals surface area contributed by atoms with Crippen LogP contribution in [0.4, 0.5) is 0 Å². The molecule has 0 aliphatic carbocycles. The van der Waals surface area contributed by atoms with Crippen LogP contribution in [0.3, 0.4) is 0 Å². The Labute approximate surface area is 106 Å². The molecule has 6 heteroatoms. The Morgan fingerprint density at radius 2 is 2.11 bits per heavy atom. The van der Waals surface area contributed by atoms with Crippen molar-refractivity contribution in [3.63, 3.8) is 0 Å². The first-order valence-corrected chi connectivity index (χ1v) is 7.68. The van der Waals surface area contributed by atoms with Crippen LogP contribution in [-0.4, -0.2) is 36.2 Å². The number of hydrogen-bond donors (Lipinski definition) is 3. The van der Waals surface area contributed by atoms with Gasteiger partial charge >= 0.3 is 0 Å². The molecular formula is C12H17NO4S. The predicted octanol–water partition coefficient (Wildman–Crippen LogP) is 0.935. The monoisotopic (exact) mass is 271 g/mol. The highest BCUT2D eigenvalue weighted by molar-refractivity contribution is 7.91. The van der Waals surface area contributed by atoms with Crippen LogP contribution in [0.2, 0.25) is 0 Å². The normalized spacial score (nSPS) is 23.9. The first-order chi connectivity index (χ1) is 8.37. The third kappa shape index (κ3) is 2.94. The van der Waals surface area contributed by atoms with E-state index in [1.54, 1.807) is 6.07 Å². The first-order valence-electron chi connectivity index (χ1n) is 5.86. The van der Waals surface area contributed by atoms with Gasteiger partial charge in [0.2, 0.25) is 0 Å². The molecule has 2 rings (SSSR count). The number of nitrogens with one attached hydrogen (secondary N) is 1. The summed E-state index contributed by atoms with van der Waals surface area (Å²) in [6.45, 7) is 1.86. The fraction of sp³-hybridized carbons (Fsp3) is 0.500. The molecule has 1 fully saturated rings. The number of rotatable bonds is 3. The number of phenolic OH excluding ortho intramolecular Hbond substituents is 2. The standard InChI is InChI=1S/C12H17NO4S/c1-8(11-3-2-10(14)6-12(11)15)13-9-4-5-18(16,17)7-9/h2-3,6,8-9,13-15H,4-5,7H2,1H3. The van der Waals surface area contributed by atoms with Crippen molar-refractivity contribution in [2.75, 3.05) is 11.5 Å². The third-order valence-corrected chi connectivity index (χ3v) is 4.97. The van der Waals surface area contributed by atoms with Crippen LogP contribution in [0.15, 0.2) is 18.2 Å². The maximum absolute atomic E-state index is 11.3. The van der Waals surface area contributed by atoms with Gasteiger partial charge in [-0.1, -0.05) is 6.07 Å². The molecule has 5 nitrogen and oxygen atoms in total. The quantitative estimate of drug-likeness (QED) is 0.761. The molecular weight excluding hydrogens is 254 g/mol. The molecule has 1 heterocycles. The molecule has 1 aliphatic rings. The number of benzene rings is 1. The first kappa shape index (κ1) is 13.2. The van der Waals surface area contributed by atoms with Crippen molar-refractivity contribution >= 4 is 9.84 Å². The summed E-state index contributed by atoms with van der Waals surface area (Å²) in [7, 11) is -2.91. The van der Waals surface area contributed by atoms with Gasteiger partial charge in [-0.05, 0) is 19.4 Å². The minimum absolute atomic E-state index is 0.00638. The topological polar surface area (TPSA) is 86.6 Å². The van der Waals surface area contributed by atoms with Crippen molar-refractivity contribution in [2.45, 2.75) is 25.4 Å². The summed E-state index contributed by atoms with van der Waals surface area (Å²) in [5.41, 5.74) is 0.650. The van der Waals surface area contributed by atoms with Crippen molar-refractivity contribution in [1.29, 1.82) is 0 Å². The molecule has 2 unspecified atom stereocenters. The molecule has 0 spiro atoms. The van der Waals surface area contributed by atoms with E-state index in [2.05, 4.69) is 5.32 Å². The number of sulfone groups is 1. The molecule has 0 amide bonds. The zero-order chi connectivity index (χ0) is 13.3. The van der Waals surface area contributed by atoms with Crippen LogP contribution in [0.1, 0.15) is 24.9 Å². The summed E-state index contributed by atoms with van der Waals surface area (Å²) < 4.78 is 22.7. The van der Waals surface area contributed by atoms with Crippen LogP contribution in [0, 0.1) is 0 Å². The minimum Gasteiger partial charge on any atom is -0.508 e. The summed E-state index contributed by atoms with van der Waals surface area (Å²) in [6, 6.07) is 4.17. The molecule has 1 aromatic carbocycles. The number of phenols is 2. The lowest BCUT2D eigenvalue weighted by Crippen LogP contribution is -2.32. The van der Waals surface area contributed by atoms with E-state index in [0.717, 1.165) is 0 Å². The Morgan fingerprint density at radius 1 is 1.39 bits per heavy atom. The van der Waals surface area contributed by atoms with Gasteiger partial charge in [-0.15, -0.1) is 0 Å². The second-order valence-corrected chi connectivity index (χ2v) is 6.96. The zero-order valence-electron chi connectivity index (χ0n) is 10.1. The van der Waals surface area contributed by atoms with Crippen LogP contribution in [0.5, 0.6) is 11.5 Å². The van der Waals surface area contributed by atoms with Crippen molar-refractivity contribution in [1.82, 2.24) is 5.32 Å². The van der Waals surface area contributed by atoms with Gasteiger partial charge < -0.3 is 15.5 Å². The van der Waals surface area contributed by atoms with E-state index in [1.807, 2.05) is 6.92 Å². The third-order valence-electron chi connectivity index (χ3n) is 3.20. The van der Waals surface area contributed by atoms with Crippen molar-refractivity contribution < 1.29 is 18.6 Å². The highest BCUT2D eigenvalue weighted by Crippen LogP contribution is 2.28. The lowest BCUT2D eigenvalue weighted by molar-refractivity contribution is 0.426. The highest BCUT2D eigenvalue weighted by Gasteiger charge is 2.29. The largest absolute Gasteiger partial charge is 0.508 e. The van der Waals surface area contributed by atoms with E-state index >= 15 is 0 Å². The molecule has 1 aromatic rings. The van der Waals surface area contributed by atoms with Gasteiger partial charge in [0.1, 0.15) is 11.5 Å². The fourth-order valence-corrected chi connectivity index (χ4v) is 3.95. The summed E-state index contributed by atoms with van der Waals surface area (Å²) in [5.74, 6) is 0.387. The summed E-state index contributed by atoms with van der Waals surface area (Å²) in [5, 5.41) is 22.1. The van der Waals surface area contributed by atoms with Gasteiger partial charge in [-0.2, -0.15) is 0 Å². The Kier molecular flexibility index (Phi) is 3.49. The second-order valence-electron chi connectivity index (χ2n) is 4.73. The van der Waals surface area contributed by atoms with Crippen molar-refractivity contribution in [2.24, 2.45) is 0 Å². The molecule has 2 atom stereocenters. The molecule has 0 aromatic heterocycles. The van der Waals surface area contributed by atoms with Gasteiger partial charge in [0.05, 0.1) is 11.5 Å². The van der Waals surface area contributed by atoms with Crippen LogP contribution >= 0.6 is 0 Å². The number of aromatic hydroxyl groups is 2. The van der Waals surface area contributed by atoms with E-state index in [1.165, 1.54) is 12.1 Å². The second kappa shape index (κ2) is 4.78. The van der Waals surface area contributed by atoms with Crippen molar-refractivity contribution in [3.05, 3.63) is 23.8 Å². The zero-order valence-corrected chi connectivity index (χ0v) is 10.9. The molecule has 1 aliphatic heterocycles. The van der Waals surface area contributed by atoms with E-state index < -0.39 is 9.84 Å². The highest BCUT2D eigenvalue weighted by atomic mass is 32.2. The smallest absolute Gasteiger partial charge is 0.151 e. The lowest BCUT2D eigenvalue weighted by Gasteiger charge is -2.19. The molecule has 3 N–H and O–H groups in total. The average molecular weight is 271 g/mol. The van der Waals surface area contributed by atoms with E-state index in [9.17, 15) is 18.6 Å². The molecule has 0 radical (unpaired) electrons. The predicted molar refractivity (Wildman–Crippen MR) is 68.4 cm³/mol. The molecule has 1 saturated heterocycles. The Bertz CT molecular complexity index is 541. The van der Waals surface area contributed by atoms with Crippen molar-refractivity contribution in [3.8, 4) is 11.5 Å². The van der Waals surface area contributed by atoms with Crippen LogP contribution < -0.4 is 5.32 Å². The van der Waals surface area contributed by atoms with E-state index in [-0.39, 0.29) is 35.1 Å². The minimum atomic E-state index is -2.91. The molecule has 0 saturated carbocycles. The lowest BCUT2D eigenvalue weighted by atomic mass is 10.1. The van der Waals surface area contributed by atoms with Crippen LogP contribution in [-0.2, 0) is 9.84 Å². The van der Waals surface area contributed by atoms with Gasteiger partial charge in [-0.25, -0.2) is 8.42 Å².